The first kappa shape index (κ1) is 14.1. The standard InChI is InChI=1S/C16H23NO2/c1-2-13-5-7-14(8-6-13)11-15(18)17-12-16(19)9-3-4-10-16/h5-8,19H,2-4,9-12H2,1H3,(H,17,18). The molecule has 0 aromatic heterocycles. The smallest absolute Gasteiger partial charge is 0.224 e. The van der Waals surface area contributed by atoms with E-state index < -0.39 is 5.60 Å². The maximum Gasteiger partial charge on any atom is 0.224 e. The molecule has 1 aromatic rings. The highest BCUT2D eigenvalue weighted by Gasteiger charge is 2.31. The molecule has 1 aromatic carbocycles. The van der Waals surface area contributed by atoms with Gasteiger partial charge in [-0.3, -0.25) is 4.79 Å². The van der Waals surface area contributed by atoms with Gasteiger partial charge in [0.2, 0.25) is 5.91 Å². The maximum absolute atomic E-state index is 11.8. The number of hydrogen-bond donors (Lipinski definition) is 2. The van der Waals surface area contributed by atoms with Crippen molar-refractivity contribution in [1.29, 1.82) is 0 Å². The molecule has 0 spiro atoms. The molecular weight excluding hydrogens is 238 g/mol. The van der Waals surface area contributed by atoms with E-state index in [9.17, 15) is 9.90 Å². The van der Waals surface area contributed by atoms with Crippen LogP contribution in [0.3, 0.4) is 0 Å². The van der Waals surface area contributed by atoms with Gasteiger partial charge < -0.3 is 10.4 Å². The summed E-state index contributed by atoms with van der Waals surface area (Å²) in [5.41, 5.74) is 1.64. The van der Waals surface area contributed by atoms with Crippen molar-refractivity contribution in [3.8, 4) is 0 Å². The number of amides is 1. The van der Waals surface area contributed by atoms with Crippen LogP contribution in [0.2, 0.25) is 0 Å². The first-order valence-corrected chi connectivity index (χ1v) is 7.18. The Morgan fingerprint density at radius 3 is 2.37 bits per heavy atom. The molecule has 0 radical (unpaired) electrons. The first-order chi connectivity index (χ1) is 9.11. The zero-order valence-electron chi connectivity index (χ0n) is 11.6. The largest absolute Gasteiger partial charge is 0.388 e. The Morgan fingerprint density at radius 2 is 1.79 bits per heavy atom. The van der Waals surface area contributed by atoms with Crippen LogP contribution in [-0.2, 0) is 17.6 Å². The minimum absolute atomic E-state index is 0.00965. The third-order valence-electron chi connectivity index (χ3n) is 3.94. The predicted molar refractivity (Wildman–Crippen MR) is 76.0 cm³/mol. The third-order valence-corrected chi connectivity index (χ3v) is 3.94. The van der Waals surface area contributed by atoms with Crippen LogP contribution < -0.4 is 5.32 Å². The number of nitrogens with one attached hydrogen (secondary N) is 1. The molecule has 104 valence electrons. The number of aliphatic hydroxyl groups is 1. The zero-order chi connectivity index (χ0) is 13.7. The summed E-state index contributed by atoms with van der Waals surface area (Å²) in [5, 5.41) is 13.0. The highest BCUT2D eigenvalue weighted by molar-refractivity contribution is 5.78. The number of hydrogen-bond acceptors (Lipinski definition) is 2. The van der Waals surface area contributed by atoms with Crippen LogP contribution >= 0.6 is 0 Å². The molecule has 0 aliphatic heterocycles. The Hall–Kier alpha value is -1.35. The number of carbonyl (C=O) groups is 1. The molecule has 1 amide bonds. The Labute approximate surface area is 115 Å². The summed E-state index contributed by atoms with van der Waals surface area (Å²) in [6, 6.07) is 8.13. The second kappa shape index (κ2) is 6.20. The molecule has 0 atom stereocenters. The molecule has 1 saturated carbocycles. The van der Waals surface area contributed by atoms with Gasteiger partial charge in [-0.2, -0.15) is 0 Å². The van der Waals surface area contributed by atoms with Gasteiger partial charge in [-0.05, 0) is 30.4 Å². The lowest BCUT2D eigenvalue weighted by atomic mass is 10.0. The summed E-state index contributed by atoms with van der Waals surface area (Å²) >= 11 is 0. The quantitative estimate of drug-likeness (QED) is 0.854. The van der Waals surface area contributed by atoms with Crippen LogP contribution in [0.25, 0.3) is 0 Å². The van der Waals surface area contributed by atoms with E-state index in [0.717, 1.165) is 37.7 Å². The van der Waals surface area contributed by atoms with Gasteiger partial charge in [0.05, 0.1) is 12.0 Å². The molecule has 1 aliphatic carbocycles. The van der Waals surface area contributed by atoms with E-state index in [4.69, 9.17) is 0 Å². The minimum Gasteiger partial charge on any atom is -0.388 e. The summed E-state index contributed by atoms with van der Waals surface area (Å²) in [6.07, 6.45) is 5.13. The second-order valence-electron chi connectivity index (χ2n) is 5.56. The summed E-state index contributed by atoms with van der Waals surface area (Å²) in [6.45, 7) is 2.50. The molecule has 1 aliphatic rings. The van der Waals surface area contributed by atoms with Crippen molar-refractivity contribution < 1.29 is 9.90 Å². The molecule has 0 saturated heterocycles. The van der Waals surface area contributed by atoms with Crippen molar-refractivity contribution in [2.75, 3.05) is 6.54 Å². The third kappa shape index (κ3) is 4.06. The molecule has 19 heavy (non-hydrogen) atoms. The predicted octanol–water partition coefficient (Wildman–Crippen LogP) is 2.21. The highest BCUT2D eigenvalue weighted by Crippen LogP contribution is 2.28. The maximum atomic E-state index is 11.8. The van der Waals surface area contributed by atoms with Crippen LogP contribution in [0.4, 0.5) is 0 Å². The van der Waals surface area contributed by atoms with E-state index in [-0.39, 0.29) is 5.91 Å². The second-order valence-corrected chi connectivity index (χ2v) is 5.56. The van der Waals surface area contributed by atoms with Crippen molar-refractivity contribution in [3.63, 3.8) is 0 Å². The topological polar surface area (TPSA) is 49.3 Å². The van der Waals surface area contributed by atoms with E-state index in [2.05, 4.69) is 24.4 Å². The molecule has 1 fully saturated rings. The van der Waals surface area contributed by atoms with Crippen LogP contribution in [0, 0.1) is 0 Å². The van der Waals surface area contributed by atoms with Crippen LogP contribution in [0.5, 0.6) is 0 Å². The fourth-order valence-corrected chi connectivity index (χ4v) is 2.61. The van der Waals surface area contributed by atoms with Crippen LogP contribution in [-0.4, -0.2) is 23.2 Å². The summed E-state index contributed by atoms with van der Waals surface area (Å²) < 4.78 is 0. The molecule has 2 rings (SSSR count). The van der Waals surface area contributed by atoms with Gasteiger partial charge >= 0.3 is 0 Å². The van der Waals surface area contributed by atoms with Gasteiger partial charge in [0.1, 0.15) is 0 Å². The number of carbonyl (C=O) groups excluding carboxylic acids is 1. The lowest BCUT2D eigenvalue weighted by Crippen LogP contribution is -2.41. The number of benzene rings is 1. The van der Waals surface area contributed by atoms with E-state index >= 15 is 0 Å². The number of aryl methyl sites for hydroxylation is 1. The zero-order valence-corrected chi connectivity index (χ0v) is 11.6. The van der Waals surface area contributed by atoms with Crippen molar-refractivity contribution in [1.82, 2.24) is 5.32 Å². The van der Waals surface area contributed by atoms with Gasteiger partial charge in [0.25, 0.3) is 0 Å². The molecule has 0 heterocycles. The minimum atomic E-state index is -0.665. The van der Waals surface area contributed by atoms with Gasteiger partial charge in [0.15, 0.2) is 0 Å². The summed E-state index contributed by atoms with van der Waals surface area (Å²) in [4.78, 5) is 11.8. The van der Waals surface area contributed by atoms with E-state index in [1.54, 1.807) is 0 Å². The van der Waals surface area contributed by atoms with E-state index in [1.165, 1.54) is 5.56 Å². The van der Waals surface area contributed by atoms with Crippen molar-refractivity contribution in [2.45, 2.75) is 51.0 Å². The van der Waals surface area contributed by atoms with Crippen molar-refractivity contribution >= 4 is 5.91 Å². The van der Waals surface area contributed by atoms with Gasteiger partial charge in [-0.25, -0.2) is 0 Å². The molecule has 3 heteroatoms. The summed E-state index contributed by atoms with van der Waals surface area (Å²) in [5.74, 6) is -0.00965. The lowest BCUT2D eigenvalue weighted by molar-refractivity contribution is -0.121. The Balaban J connectivity index is 1.80. The number of rotatable bonds is 5. The van der Waals surface area contributed by atoms with Gasteiger partial charge in [-0.1, -0.05) is 44.0 Å². The lowest BCUT2D eigenvalue weighted by Gasteiger charge is -2.22. The SMILES string of the molecule is CCc1ccc(CC(=O)NCC2(O)CCCC2)cc1. The Bertz CT molecular complexity index is 419. The van der Waals surface area contributed by atoms with Crippen molar-refractivity contribution in [2.24, 2.45) is 0 Å². The molecular formula is C16H23NO2. The molecule has 0 bridgehead atoms. The average molecular weight is 261 g/mol. The monoisotopic (exact) mass is 261 g/mol. The molecule has 0 unspecified atom stereocenters. The average Bonchev–Trinajstić information content (AvgIpc) is 2.85. The normalized spacial score (nSPS) is 17.4. The fraction of sp³-hybridized carbons (Fsp3) is 0.562. The van der Waals surface area contributed by atoms with Crippen LogP contribution in [0.15, 0.2) is 24.3 Å². The van der Waals surface area contributed by atoms with E-state index in [0.29, 0.717) is 13.0 Å². The Morgan fingerprint density at radius 1 is 1.21 bits per heavy atom. The van der Waals surface area contributed by atoms with Gasteiger partial charge in [-0.15, -0.1) is 0 Å². The summed E-state index contributed by atoms with van der Waals surface area (Å²) in [7, 11) is 0. The fourth-order valence-electron chi connectivity index (χ4n) is 2.61. The Kier molecular flexibility index (Phi) is 4.59. The highest BCUT2D eigenvalue weighted by atomic mass is 16.3. The van der Waals surface area contributed by atoms with Crippen molar-refractivity contribution in [3.05, 3.63) is 35.4 Å². The van der Waals surface area contributed by atoms with E-state index in [1.807, 2.05) is 12.1 Å². The first-order valence-electron chi connectivity index (χ1n) is 7.18. The molecule has 3 nitrogen and oxygen atoms in total. The molecule has 2 N–H and O–H groups in total. The van der Waals surface area contributed by atoms with Crippen LogP contribution in [0.1, 0.15) is 43.7 Å². The van der Waals surface area contributed by atoms with Gasteiger partial charge in [0, 0.05) is 6.54 Å².